The van der Waals surface area contributed by atoms with Gasteiger partial charge < -0.3 is 9.79 Å². The van der Waals surface area contributed by atoms with Crippen molar-refractivity contribution in [3.63, 3.8) is 0 Å². The van der Waals surface area contributed by atoms with Gasteiger partial charge in [0.05, 0.1) is 6.61 Å². The maximum atomic E-state index is 10.6. The molecule has 0 fully saturated rings. The van der Waals surface area contributed by atoms with Gasteiger partial charge in [-0.15, -0.1) is 11.6 Å². The minimum absolute atomic E-state index is 0.169. The molecule has 0 unspecified atom stereocenters. The standard InChI is InChI=1S/C36H74ClO4P/c37-35-33-31-29-27-25-23-21-19-17-15-13-11-9-7-5-3-1-2-4-6-8-10-12-14-16-18-20-22-24-26-28-30-32-34-36-41-42(38,39)40/h1-36H2,(H2,38,39,40). The first-order chi connectivity index (χ1) is 20.6. The third-order valence-corrected chi connectivity index (χ3v) is 9.57. The topological polar surface area (TPSA) is 66.8 Å². The van der Waals surface area contributed by atoms with E-state index in [1.165, 1.54) is 199 Å². The molecular formula is C36H74ClO4P. The minimum Gasteiger partial charge on any atom is -0.303 e. The molecule has 0 radical (unpaired) electrons. The van der Waals surface area contributed by atoms with Crippen molar-refractivity contribution in [1.29, 1.82) is 0 Å². The summed E-state index contributed by atoms with van der Waals surface area (Å²) in [4.78, 5) is 17.3. The van der Waals surface area contributed by atoms with Crippen molar-refractivity contribution in [3.8, 4) is 0 Å². The molecule has 0 aliphatic rings. The number of rotatable bonds is 37. The van der Waals surface area contributed by atoms with E-state index in [0.29, 0.717) is 0 Å². The van der Waals surface area contributed by atoms with Crippen molar-refractivity contribution in [3.05, 3.63) is 0 Å². The lowest BCUT2D eigenvalue weighted by molar-refractivity contribution is 0.193. The molecule has 42 heavy (non-hydrogen) atoms. The lowest BCUT2D eigenvalue weighted by Gasteiger charge is -2.05. The van der Waals surface area contributed by atoms with Crippen LogP contribution in [0.25, 0.3) is 0 Å². The van der Waals surface area contributed by atoms with Gasteiger partial charge in [0.2, 0.25) is 0 Å². The van der Waals surface area contributed by atoms with Crippen LogP contribution < -0.4 is 0 Å². The Labute approximate surface area is 268 Å². The summed E-state index contributed by atoms with van der Waals surface area (Å²) < 4.78 is 15.0. The first-order valence-corrected chi connectivity index (χ1v) is 20.9. The number of halogens is 1. The lowest BCUT2D eigenvalue weighted by Crippen LogP contribution is -1.92. The Kier molecular flexibility index (Phi) is 36.2. The molecule has 0 atom stereocenters. The monoisotopic (exact) mass is 637 g/mol. The van der Waals surface area contributed by atoms with Gasteiger partial charge in [-0.1, -0.05) is 205 Å². The number of hydrogen-bond donors (Lipinski definition) is 2. The Bertz CT molecular complexity index is 542. The fourth-order valence-electron chi connectivity index (χ4n) is 6.04. The third kappa shape index (κ3) is 40.4. The largest absolute Gasteiger partial charge is 0.469 e. The van der Waals surface area contributed by atoms with Gasteiger partial charge in [0.1, 0.15) is 0 Å². The summed E-state index contributed by atoms with van der Waals surface area (Å²) in [5.74, 6) is 0.837. The van der Waals surface area contributed by atoms with E-state index in [2.05, 4.69) is 4.52 Å². The van der Waals surface area contributed by atoms with Crippen LogP contribution in [0.3, 0.4) is 0 Å². The Morgan fingerprint density at radius 2 is 0.500 bits per heavy atom. The predicted molar refractivity (Wildman–Crippen MR) is 186 cm³/mol. The van der Waals surface area contributed by atoms with Crippen LogP contribution in [0, 0.1) is 0 Å². The van der Waals surface area contributed by atoms with Crippen LogP contribution in [0.5, 0.6) is 0 Å². The zero-order valence-corrected chi connectivity index (χ0v) is 29.6. The molecule has 0 rings (SSSR count). The second-order valence-electron chi connectivity index (χ2n) is 13.0. The van der Waals surface area contributed by atoms with Crippen molar-refractivity contribution in [2.75, 3.05) is 12.5 Å². The number of unbranched alkanes of at least 4 members (excludes halogenated alkanes) is 33. The molecule has 0 aromatic heterocycles. The number of alkyl halides is 1. The van der Waals surface area contributed by atoms with Crippen LogP contribution in [-0.2, 0) is 9.09 Å². The molecule has 4 nitrogen and oxygen atoms in total. The van der Waals surface area contributed by atoms with Gasteiger partial charge in [0, 0.05) is 5.88 Å². The fourth-order valence-corrected chi connectivity index (χ4v) is 6.59. The average Bonchev–Trinajstić information content (AvgIpc) is 2.96. The van der Waals surface area contributed by atoms with Gasteiger partial charge in [0.25, 0.3) is 0 Å². The quantitative estimate of drug-likeness (QED) is 0.0404. The highest BCUT2D eigenvalue weighted by atomic mass is 35.5. The Morgan fingerprint density at radius 1 is 0.333 bits per heavy atom. The van der Waals surface area contributed by atoms with Crippen molar-refractivity contribution >= 4 is 19.4 Å². The van der Waals surface area contributed by atoms with Crippen LogP contribution in [0.4, 0.5) is 0 Å². The summed E-state index contributed by atoms with van der Waals surface area (Å²) in [5.41, 5.74) is 0. The van der Waals surface area contributed by atoms with Gasteiger partial charge in [0.15, 0.2) is 0 Å². The molecule has 0 saturated carbocycles. The second kappa shape index (κ2) is 35.9. The van der Waals surface area contributed by atoms with E-state index in [9.17, 15) is 4.57 Å². The van der Waals surface area contributed by atoms with Crippen molar-refractivity contribution in [2.24, 2.45) is 0 Å². The summed E-state index contributed by atoms with van der Waals surface area (Å²) in [6, 6.07) is 0. The number of phosphoric ester groups is 1. The summed E-state index contributed by atoms with van der Waals surface area (Å²) in [7, 11) is -4.27. The maximum Gasteiger partial charge on any atom is 0.469 e. The van der Waals surface area contributed by atoms with Crippen LogP contribution >= 0.6 is 19.4 Å². The van der Waals surface area contributed by atoms with Gasteiger partial charge >= 0.3 is 7.82 Å². The fraction of sp³-hybridized carbons (Fsp3) is 1.00. The highest BCUT2D eigenvalue weighted by molar-refractivity contribution is 7.46. The molecule has 0 heterocycles. The average molecular weight is 637 g/mol. The zero-order valence-electron chi connectivity index (χ0n) is 28.0. The maximum absolute atomic E-state index is 10.6. The predicted octanol–water partition coefficient (Wildman–Crippen LogP) is 13.6. The van der Waals surface area contributed by atoms with Gasteiger partial charge in [-0.05, 0) is 12.8 Å². The SMILES string of the molecule is O=P(O)(O)OCCCCCCCCCCCCCCCCCCCCCCCCCCCCCCCCCCCCCl. The van der Waals surface area contributed by atoms with E-state index in [-0.39, 0.29) is 6.61 Å². The molecule has 0 aliphatic carbocycles. The molecule has 0 amide bonds. The van der Waals surface area contributed by atoms with Crippen LogP contribution in [0.2, 0.25) is 0 Å². The lowest BCUT2D eigenvalue weighted by atomic mass is 10.0. The summed E-state index contributed by atoms with van der Waals surface area (Å²) in [6.07, 6.45) is 46.7. The highest BCUT2D eigenvalue weighted by Crippen LogP contribution is 2.35. The molecule has 6 heteroatoms. The van der Waals surface area contributed by atoms with E-state index < -0.39 is 7.82 Å². The Morgan fingerprint density at radius 3 is 0.667 bits per heavy atom. The van der Waals surface area contributed by atoms with Crippen LogP contribution in [0.15, 0.2) is 0 Å². The summed E-state index contributed by atoms with van der Waals surface area (Å²) in [6.45, 7) is 0.169. The minimum atomic E-state index is -4.27. The first-order valence-electron chi connectivity index (χ1n) is 18.8. The Hall–Kier alpha value is 0.400. The third-order valence-electron chi connectivity index (χ3n) is 8.79. The van der Waals surface area contributed by atoms with E-state index in [0.717, 1.165) is 25.1 Å². The van der Waals surface area contributed by atoms with Gasteiger partial charge in [-0.25, -0.2) is 4.57 Å². The van der Waals surface area contributed by atoms with E-state index >= 15 is 0 Å². The van der Waals surface area contributed by atoms with Gasteiger partial charge in [-0.2, -0.15) is 0 Å². The van der Waals surface area contributed by atoms with Gasteiger partial charge in [-0.3, -0.25) is 4.52 Å². The van der Waals surface area contributed by atoms with Crippen LogP contribution in [0.1, 0.15) is 218 Å². The molecule has 0 aliphatic heterocycles. The molecule has 0 spiro atoms. The van der Waals surface area contributed by atoms with Crippen molar-refractivity contribution in [2.45, 2.75) is 218 Å². The molecule has 0 aromatic rings. The molecule has 0 aromatic carbocycles. The Balaban J connectivity index is 3.05. The number of hydrogen-bond acceptors (Lipinski definition) is 2. The van der Waals surface area contributed by atoms with Crippen molar-refractivity contribution < 1.29 is 18.9 Å². The second-order valence-corrected chi connectivity index (χ2v) is 14.7. The van der Waals surface area contributed by atoms with E-state index in [1.54, 1.807) is 0 Å². The normalized spacial score (nSPS) is 12.0. The molecule has 254 valence electrons. The smallest absolute Gasteiger partial charge is 0.303 e. The molecule has 0 saturated heterocycles. The summed E-state index contributed by atoms with van der Waals surface area (Å²) >= 11 is 5.72. The molecule has 0 bridgehead atoms. The van der Waals surface area contributed by atoms with Crippen molar-refractivity contribution in [1.82, 2.24) is 0 Å². The number of phosphoric acid groups is 1. The summed E-state index contributed by atoms with van der Waals surface area (Å²) in [5, 5.41) is 0. The highest BCUT2D eigenvalue weighted by Gasteiger charge is 2.12. The molecular weight excluding hydrogens is 563 g/mol. The zero-order chi connectivity index (χ0) is 30.7. The first kappa shape index (κ1) is 42.4. The van der Waals surface area contributed by atoms with E-state index in [1.807, 2.05) is 0 Å². The van der Waals surface area contributed by atoms with E-state index in [4.69, 9.17) is 21.4 Å². The molecule has 2 N–H and O–H groups in total. The van der Waals surface area contributed by atoms with Crippen LogP contribution in [-0.4, -0.2) is 22.3 Å².